The standard InChI is InChI=1S/C15H24N4/c1-12-6-4-5-9-19(12)11-14-8-3-2-7-13(14)10-18-15(16)17/h2-3,7-8,12H,4-6,9-11H2,1H3,(H4,16,17,18). The van der Waals surface area contributed by atoms with Gasteiger partial charge in [0.1, 0.15) is 0 Å². The van der Waals surface area contributed by atoms with Crippen molar-refractivity contribution in [1.29, 1.82) is 0 Å². The van der Waals surface area contributed by atoms with Gasteiger partial charge in [-0.2, -0.15) is 0 Å². The summed E-state index contributed by atoms with van der Waals surface area (Å²) in [6.45, 7) is 5.08. The smallest absolute Gasteiger partial charge is 0.186 e. The zero-order valence-electron chi connectivity index (χ0n) is 11.7. The fourth-order valence-corrected chi connectivity index (χ4v) is 2.65. The molecule has 2 rings (SSSR count). The van der Waals surface area contributed by atoms with Crippen LogP contribution in [0.15, 0.2) is 29.3 Å². The molecule has 4 heteroatoms. The van der Waals surface area contributed by atoms with Gasteiger partial charge in [0.2, 0.25) is 0 Å². The number of aliphatic imine (C=N–C) groups is 1. The Morgan fingerprint density at radius 2 is 2.00 bits per heavy atom. The molecule has 4 N–H and O–H groups in total. The van der Waals surface area contributed by atoms with Crippen LogP contribution in [0.3, 0.4) is 0 Å². The molecule has 0 saturated carbocycles. The number of likely N-dealkylation sites (tertiary alicyclic amines) is 1. The van der Waals surface area contributed by atoms with Crippen LogP contribution in [-0.4, -0.2) is 23.4 Å². The highest BCUT2D eigenvalue weighted by molar-refractivity contribution is 5.75. The Kier molecular flexibility index (Phi) is 4.80. The van der Waals surface area contributed by atoms with Gasteiger partial charge >= 0.3 is 0 Å². The van der Waals surface area contributed by atoms with E-state index in [4.69, 9.17) is 11.5 Å². The SMILES string of the molecule is CC1CCCCN1Cc1ccccc1CN=C(N)N. The van der Waals surface area contributed by atoms with Crippen LogP contribution >= 0.6 is 0 Å². The second-order valence-electron chi connectivity index (χ2n) is 5.33. The number of nitrogens with two attached hydrogens (primary N) is 2. The molecule has 19 heavy (non-hydrogen) atoms. The summed E-state index contributed by atoms with van der Waals surface area (Å²) in [5, 5.41) is 0. The molecule has 1 unspecified atom stereocenters. The minimum absolute atomic E-state index is 0.154. The molecular formula is C15H24N4. The zero-order chi connectivity index (χ0) is 13.7. The van der Waals surface area contributed by atoms with E-state index >= 15 is 0 Å². The van der Waals surface area contributed by atoms with E-state index in [0.29, 0.717) is 12.6 Å². The molecule has 1 heterocycles. The van der Waals surface area contributed by atoms with E-state index < -0.39 is 0 Å². The first-order valence-corrected chi connectivity index (χ1v) is 7.03. The summed E-state index contributed by atoms with van der Waals surface area (Å²) in [4.78, 5) is 6.67. The molecule has 104 valence electrons. The molecule has 0 aromatic heterocycles. The van der Waals surface area contributed by atoms with Crippen LogP contribution in [0.2, 0.25) is 0 Å². The summed E-state index contributed by atoms with van der Waals surface area (Å²) >= 11 is 0. The third kappa shape index (κ3) is 3.96. The Balaban J connectivity index is 2.08. The number of hydrogen-bond donors (Lipinski definition) is 2. The van der Waals surface area contributed by atoms with Crippen molar-refractivity contribution >= 4 is 5.96 Å². The van der Waals surface area contributed by atoms with Gasteiger partial charge in [0.15, 0.2) is 5.96 Å². The lowest BCUT2D eigenvalue weighted by Gasteiger charge is -2.33. The van der Waals surface area contributed by atoms with Crippen molar-refractivity contribution in [3.8, 4) is 0 Å². The summed E-state index contributed by atoms with van der Waals surface area (Å²) in [7, 11) is 0. The number of guanidine groups is 1. The molecule has 1 aromatic carbocycles. The van der Waals surface area contributed by atoms with Gasteiger partial charge in [-0.1, -0.05) is 30.7 Å². The number of rotatable bonds is 4. The summed E-state index contributed by atoms with van der Waals surface area (Å²) in [6, 6.07) is 9.09. The molecular weight excluding hydrogens is 236 g/mol. The normalized spacial score (nSPS) is 20.2. The third-order valence-electron chi connectivity index (χ3n) is 3.86. The predicted molar refractivity (Wildman–Crippen MR) is 79.7 cm³/mol. The van der Waals surface area contributed by atoms with Gasteiger partial charge in [0, 0.05) is 12.6 Å². The Hall–Kier alpha value is -1.55. The van der Waals surface area contributed by atoms with Crippen LogP contribution in [0.5, 0.6) is 0 Å². The van der Waals surface area contributed by atoms with E-state index in [-0.39, 0.29) is 5.96 Å². The van der Waals surface area contributed by atoms with Gasteiger partial charge in [-0.25, -0.2) is 4.99 Å². The first kappa shape index (κ1) is 13.9. The average molecular weight is 260 g/mol. The summed E-state index contributed by atoms with van der Waals surface area (Å²) in [5.41, 5.74) is 13.4. The highest BCUT2D eigenvalue weighted by Crippen LogP contribution is 2.21. The second-order valence-corrected chi connectivity index (χ2v) is 5.33. The van der Waals surface area contributed by atoms with Crippen molar-refractivity contribution < 1.29 is 0 Å². The minimum Gasteiger partial charge on any atom is -0.370 e. The van der Waals surface area contributed by atoms with Gasteiger partial charge in [-0.05, 0) is 37.4 Å². The van der Waals surface area contributed by atoms with Crippen LogP contribution < -0.4 is 11.5 Å². The molecule has 0 spiro atoms. The molecule has 0 aliphatic carbocycles. The fourth-order valence-electron chi connectivity index (χ4n) is 2.65. The van der Waals surface area contributed by atoms with E-state index in [2.05, 4.69) is 35.0 Å². The van der Waals surface area contributed by atoms with Crippen LogP contribution in [0.25, 0.3) is 0 Å². The maximum absolute atomic E-state index is 5.41. The Morgan fingerprint density at radius 3 is 2.68 bits per heavy atom. The van der Waals surface area contributed by atoms with Crippen molar-refractivity contribution in [3.63, 3.8) is 0 Å². The van der Waals surface area contributed by atoms with Crippen molar-refractivity contribution in [2.24, 2.45) is 16.5 Å². The Labute approximate surface area is 115 Å². The maximum atomic E-state index is 5.41. The lowest BCUT2D eigenvalue weighted by atomic mass is 10.0. The van der Waals surface area contributed by atoms with Crippen molar-refractivity contribution in [2.45, 2.75) is 45.3 Å². The third-order valence-corrected chi connectivity index (χ3v) is 3.86. The van der Waals surface area contributed by atoms with Gasteiger partial charge in [-0.3, -0.25) is 4.90 Å². The van der Waals surface area contributed by atoms with Gasteiger partial charge < -0.3 is 11.5 Å². The topological polar surface area (TPSA) is 67.6 Å². The molecule has 0 radical (unpaired) electrons. The largest absolute Gasteiger partial charge is 0.370 e. The molecule has 1 aliphatic heterocycles. The number of hydrogen-bond acceptors (Lipinski definition) is 2. The van der Waals surface area contributed by atoms with Gasteiger partial charge in [0.05, 0.1) is 6.54 Å². The first-order chi connectivity index (χ1) is 9.16. The predicted octanol–water partition coefficient (Wildman–Crippen LogP) is 1.83. The van der Waals surface area contributed by atoms with E-state index in [0.717, 1.165) is 6.54 Å². The van der Waals surface area contributed by atoms with Crippen molar-refractivity contribution in [1.82, 2.24) is 4.90 Å². The molecule has 1 aromatic rings. The van der Waals surface area contributed by atoms with Crippen LogP contribution in [-0.2, 0) is 13.1 Å². The highest BCUT2D eigenvalue weighted by atomic mass is 15.2. The van der Waals surface area contributed by atoms with Gasteiger partial charge in [-0.15, -0.1) is 0 Å². The molecule has 1 atom stereocenters. The van der Waals surface area contributed by atoms with E-state index in [9.17, 15) is 0 Å². The maximum Gasteiger partial charge on any atom is 0.186 e. The monoisotopic (exact) mass is 260 g/mol. The summed E-state index contributed by atoms with van der Waals surface area (Å²) in [5.74, 6) is 0.154. The molecule has 0 amide bonds. The Bertz CT molecular complexity index is 438. The number of benzene rings is 1. The van der Waals surface area contributed by atoms with E-state index in [1.54, 1.807) is 0 Å². The first-order valence-electron chi connectivity index (χ1n) is 7.03. The zero-order valence-corrected chi connectivity index (χ0v) is 11.7. The molecule has 0 bridgehead atoms. The van der Waals surface area contributed by atoms with Crippen LogP contribution in [0.1, 0.15) is 37.3 Å². The molecule has 4 nitrogen and oxygen atoms in total. The van der Waals surface area contributed by atoms with Crippen LogP contribution in [0.4, 0.5) is 0 Å². The fraction of sp³-hybridized carbons (Fsp3) is 0.533. The van der Waals surface area contributed by atoms with E-state index in [1.165, 1.54) is 36.9 Å². The minimum atomic E-state index is 0.154. The number of nitrogens with zero attached hydrogens (tertiary/aromatic N) is 2. The Morgan fingerprint density at radius 1 is 1.26 bits per heavy atom. The van der Waals surface area contributed by atoms with Crippen molar-refractivity contribution in [3.05, 3.63) is 35.4 Å². The number of piperidine rings is 1. The quantitative estimate of drug-likeness (QED) is 0.641. The second kappa shape index (κ2) is 6.57. The molecule has 1 fully saturated rings. The lowest BCUT2D eigenvalue weighted by molar-refractivity contribution is 0.152. The summed E-state index contributed by atoms with van der Waals surface area (Å²) in [6.07, 6.45) is 3.96. The molecule has 1 saturated heterocycles. The average Bonchev–Trinajstić information content (AvgIpc) is 2.40. The molecule has 1 aliphatic rings. The lowest BCUT2D eigenvalue weighted by Crippen LogP contribution is -2.37. The van der Waals surface area contributed by atoms with E-state index in [1.807, 2.05) is 6.07 Å². The summed E-state index contributed by atoms with van der Waals surface area (Å²) < 4.78 is 0. The highest BCUT2D eigenvalue weighted by Gasteiger charge is 2.18. The van der Waals surface area contributed by atoms with Crippen LogP contribution in [0, 0.1) is 0 Å². The van der Waals surface area contributed by atoms with Gasteiger partial charge in [0.25, 0.3) is 0 Å². The van der Waals surface area contributed by atoms with Crippen molar-refractivity contribution in [2.75, 3.05) is 6.54 Å².